The van der Waals surface area contributed by atoms with Crippen molar-refractivity contribution < 1.29 is 0 Å². The number of alkyl halides is 1. The van der Waals surface area contributed by atoms with E-state index in [-0.39, 0.29) is 0 Å². The molecule has 0 fully saturated rings. The van der Waals surface area contributed by atoms with Crippen LogP contribution in [0.3, 0.4) is 0 Å². The molecule has 1 aromatic heterocycles. The molecule has 0 atom stereocenters. The second kappa shape index (κ2) is 7.24. The third-order valence-electron chi connectivity index (χ3n) is 2.82. The van der Waals surface area contributed by atoms with Gasteiger partial charge in [0, 0.05) is 26.0 Å². The highest BCUT2D eigenvalue weighted by Crippen LogP contribution is 2.22. The summed E-state index contributed by atoms with van der Waals surface area (Å²) in [5.74, 6) is 0.649. The van der Waals surface area contributed by atoms with E-state index < -0.39 is 0 Å². The first-order valence-electron chi connectivity index (χ1n) is 6.12. The van der Waals surface area contributed by atoms with Gasteiger partial charge >= 0.3 is 0 Å². The molecule has 1 aromatic rings. The lowest BCUT2D eigenvalue weighted by molar-refractivity contribution is 0.275. The summed E-state index contributed by atoms with van der Waals surface area (Å²) >= 11 is 12.1. The molecule has 0 saturated heterocycles. The van der Waals surface area contributed by atoms with E-state index in [0.29, 0.717) is 5.88 Å². The zero-order valence-corrected chi connectivity index (χ0v) is 12.4. The van der Waals surface area contributed by atoms with E-state index in [1.807, 2.05) is 11.7 Å². The van der Waals surface area contributed by atoms with Gasteiger partial charge in [-0.25, -0.2) is 0 Å². The Morgan fingerprint density at radius 3 is 2.47 bits per heavy atom. The molecular weight excluding hydrogens is 257 g/mol. The Bertz CT molecular complexity index is 344. The zero-order chi connectivity index (χ0) is 12.8. The minimum Gasteiger partial charge on any atom is -0.296 e. The minimum atomic E-state index is 0.649. The molecule has 0 aliphatic heterocycles. The number of hydrogen-bond donors (Lipinski definition) is 0. The first-order chi connectivity index (χ1) is 8.13. The van der Waals surface area contributed by atoms with Gasteiger partial charge in [-0.1, -0.05) is 25.4 Å². The van der Waals surface area contributed by atoms with Gasteiger partial charge in [0.15, 0.2) is 0 Å². The van der Waals surface area contributed by atoms with Crippen molar-refractivity contribution in [1.82, 2.24) is 14.7 Å². The van der Waals surface area contributed by atoms with Crippen molar-refractivity contribution in [2.45, 2.75) is 33.2 Å². The van der Waals surface area contributed by atoms with E-state index in [2.05, 4.69) is 23.8 Å². The quantitative estimate of drug-likeness (QED) is 0.715. The van der Waals surface area contributed by atoms with Gasteiger partial charge in [0.25, 0.3) is 0 Å². The number of rotatable bonds is 7. The largest absolute Gasteiger partial charge is 0.296 e. The van der Waals surface area contributed by atoms with Crippen molar-refractivity contribution >= 4 is 23.2 Å². The lowest BCUT2D eigenvalue weighted by atomic mass is 10.3. The minimum absolute atomic E-state index is 0.649. The third kappa shape index (κ3) is 3.87. The van der Waals surface area contributed by atoms with Gasteiger partial charge in [-0.3, -0.25) is 9.58 Å². The van der Waals surface area contributed by atoms with Gasteiger partial charge in [-0.15, -0.1) is 11.6 Å². The molecule has 0 amide bonds. The summed E-state index contributed by atoms with van der Waals surface area (Å²) in [5.41, 5.74) is 2.06. The van der Waals surface area contributed by atoms with Crippen LogP contribution in [-0.2, 0) is 20.0 Å². The first kappa shape index (κ1) is 14.8. The average Bonchev–Trinajstić information content (AvgIpc) is 2.57. The lowest BCUT2D eigenvalue weighted by Crippen LogP contribution is -2.27. The van der Waals surface area contributed by atoms with E-state index in [4.69, 9.17) is 23.2 Å². The second-order valence-corrected chi connectivity index (χ2v) is 4.91. The Morgan fingerprint density at radius 1 is 1.29 bits per heavy atom. The molecule has 0 saturated carbocycles. The predicted molar refractivity (Wildman–Crippen MR) is 73.9 cm³/mol. The number of aryl methyl sites for hydroxylation is 2. The number of aromatic nitrogens is 2. The van der Waals surface area contributed by atoms with Crippen LogP contribution in [0.5, 0.6) is 0 Å². The maximum absolute atomic E-state index is 6.33. The maximum Gasteiger partial charge on any atom is 0.0863 e. The number of halogens is 2. The summed E-state index contributed by atoms with van der Waals surface area (Å²) in [5, 5.41) is 5.24. The Labute approximate surface area is 114 Å². The summed E-state index contributed by atoms with van der Waals surface area (Å²) in [4.78, 5) is 2.31. The molecule has 0 aliphatic rings. The van der Waals surface area contributed by atoms with Crippen LogP contribution >= 0.6 is 23.2 Å². The van der Waals surface area contributed by atoms with E-state index in [1.54, 1.807) is 0 Å². The van der Waals surface area contributed by atoms with Crippen LogP contribution in [-0.4, -0.2) is 33.6 Å². The van der Waals surface area contributed by atoms with Gasteiger partial charge in [0.2, 0.25) is 0 Å². The fourth-order valence-corrected chi connectivity index (χ4v) is 2.50. The summed E-state index contributed by atoms with van der Waals surface area (Å²) in [6.45, 7) is 6.99. The normalized spacial score (nSPS) is 11.4. The smallest absolute Gasteiger partial charge is 0.0863 e. The molecule has 17 heavy (non-hydrogen) atoms. The molecule has 0 N–H and O–H groups in total. The fraction of sp³-hybridized carbons (Fsp3) is 0.750. The molecule has 0 spiro atoms. The van der Waals surface area contributed by atoms with Crippen molar-refractivity contribution in [3.63, 3.8) is 0 Å². The molecule has 0 aromatic carbocycles. The van der Waals surface area contributed by atoms with Gasteiger partial charge < -0.3 is 0 Å². The molecule has 0 radical (unpaired) electrons. The van der Waals surface area contributed by atoms with E-state index in [0.717, 1.165) is 48.9 Å². The molecule has 1 rings (SSSR count). The van der Waals surface area contributed by atoms with Gasteiger partial charge in [0.1, 0.15) is 0 Å². The van der Waals surface area contributed by atoms with Crippen molar-refractivity contribution in [1.29, 1.82) is 0 Å². The Kier molecular flexibility index (Phi) is 6.31. The molecule has 1 heterocycles. The van der Waals surface area contributed by atoms with Crippen LogP contribution in [0.2, 0.25) is 5.02 Å². The lowest BCUT2D eigenvalue weighted by Gasteiger charge is -2.20. The summed E-state index contributed by atoms with van der Waals surface area (Å²) in [7, 11) is 1.95. The van der Waals surface area contributed by atoms with Gasteiger partial charge in [-0.2, -0.15) is 5.10 Å². The van der Waals surface area contributed by atoms with Crippen LogP contribution in [0.4, 0.5) is 0 Å². The maximum atomic E-state index is 6.33. The molecule has 98 valence electrons. The standard InChI is InChI=1S/C12H21Cl2N3/c1-4-7-17(8-6-13)9-11-12(14)10(5-2)15-16(11)3/h4-9H2,1-3H3. The second-order valence-electron chi connectivity index (χ2n) is 4.15. The van der Waals surface area contributed by atoms with Gasteiger partial charge in [-0.05, 0) is 19.4 Å². The molecule has 0 bridgehead atoms. The van der Waals surface area contributed by atoms with Crippen LogP contribution in [0.15, 0.2) is 0 Å². The van der Waals surface area contributed by atoms with Gasteiger partial charge in [0.05, 0.1) is 16.4 Å². The SMILES string of the molecule is CCCN(CCCl)Cc1c(Cl)c(CC)nn1C. The number of nitrogens with zero attached hydrogens (tertiary/aromatic N) is 3. The summed E-state index contributed by atoms with van der Waals surface area (Å²) in [6, 6.07) is 0. The first-order valence-corrected chi connectivity index (χ1v) is 7.03. The highest BCUT2D eigenvalue weighted by atomic mass is 35.5. The summed E-state index contributed by atoms with van der Waals surface area (Å²) in [6.07, 6.45) is 1.99. The average molecular weight is 278 g/mol. The predicted octanol–water partition coefficient (Wildman–Crippen LogP) is 3.09. The topological polar surface area (TPSA) is 21.1 Å². The molecule has 5 heteroatoms. The van der Waals surface area contributed by atoms with Crippen LogP contribution < -0.4 is 0 Å². The van der Waals surface area contributed by atoms with E-state index >= 15 is 0 Å². The Morgan fingerprint density at radius 2 is 2.00 bits per heavy atom. The highest BCUT2D eigenvalue weighted by Gasteiger charge is 2.15. The third-order valence-corrected chi connectivity index (χ3v) is 3.42. The summed E-state index contributed by atoms with van der Waals surface area (Å²) < 4.78 is 1.89. The van der Waals surface area contributed by atoms with Crippen LogP contribution in [0.1, 0.15) is 31.7 Å². The van der Waals surface area contributed by atoms with Crippen molar-refractivity contribution in [3.8, 4) is 0 Å². The molecule has 3 nitrogen and oxygen atoms in total. The van der Waals surface area contributed by atoms with Crippen molar-refractivity contribution in [2.75, 3.05) is 19.0 Å². The zero-order valence-electron chi connectivity index (χ0n) is 10.8. The van der Waals surface area contributed by atoms with Crippen molar-refractivity contribution in [3.05, 3.63) is 16.4 Å². The monoisotopic (exact) mass is 277 g/mol. The molecule has 0 aliphatic carbocycles. The Hall–Kier alpha value is -0.250. The Balaban J connectivity index is 2.80. The van der Waals surface area contributed by atoms with Crippen molar-refractivity contribution in [2.24, 2.45) is 7.05 Å². The van der Waals surface area contributed by atoms with E-state index in [9.17, 15) is 0 Å². The van der Waals surface area contributed by atoms with E-state index in [1.165, 1.54) is 0 Å². The number of hydrogen-bond acceptors (Lipinski definition) is 2. The van der Waals surface area contributed by atoms with Crippen LogP contribution in [0.25, 0.3) is 0 Å². The highest BCUT2D eigenvalue weighted by molar-refractivity contribution is 6.31. The van der Waals surface area contributed by atoms with Crippen LogP contribution in [0, 0.1) is 0 Å². The molecular formula is C12H21Cl2N3. The fourth-order valence-electron chi connectivity index (χ4n) is 1.91. The molecule has 0 unspecified atom stereocenters.